The average molecular weight is 266 g/mol. The van der Waals surface area contributed by atoms with Crippen molar-refractivity contribution in [2.75, 3.05) is 13.1 Å². The number of nitrogens with two attached hydrogens (primary N) is 1. The molecule has 0 aromatic rings. The van der Waals surface area contributed by atoms with E-state index in [2.05, 4.69) is 25.7 Å². The van der Waals surface area contributed by atoms with Gasteiger partial charge in [-0.15, -0.1) is 0 Å². The molecule has 1 heterocycles. The quantitative estimate of drug-likeness (QED) is 0.841. The molecule has 2 rings (SSSR count). The van der Waals surface area contributed by atoms with Gasteiger partial charge in [0.15, 0.2) is 0 Å². The molecule has 2 nitrogen and oxygen atoms in total. The summed E-state index contributed by atoms with van der Waals surface area (Å²) in [6.07, 6.45) is 9.52. The lowest BCUT2D eigenvalue weighted by Crippen LogP contribution is -2.48. The fourth-order valence-electron chi connectivity index (χ4n) is 4.29. The van der Waals surface area contributed by atoms with Crippen LogP contribution < -0.4 is 5.73 Å². The minimum absolute atomic E-state index is 0.458. The van der Waals surface area contributed by atoms with Gasteiger partial charge in [-0.2, -0.15) is 0 Å². The number of hydrogen-bond acceptors (Lipinski definition) is 2. The van der Waals surface area contributed by atoms with Gasteiger partial charge in [0.25, 0.3) is 0 Å². The monoisotopic (exact) mass is 266 g/mol. The van der Waals surface area contributed by atoms with Crippen LogP contribution in [0.2, 0.25) is 0 Å². The van der Waals surface area contributed by atoms with Crippen LogP contribution in [0.5, 0.6) is 0 Å². The van der Waals surface area contributed by atoms with Gasteiger partial charge in [0.1, 0.15) is 0 Å². The highest BCUT2D eigenvalue weighted by molar-refractivity contribution is 4.87. The van der Waals surface area contributed by atoms with E-state index in [1.165, 1.54) is 58.0 Å². The zero-order valence-electron chi connectivity index (χ0n) is 13.3. The smallest absolute Gasteiger partial charge is 0.00795 e. The Morgan fingerprint density at radius 2 is 1.89 bits per heavy atom. The second-order valence-electron chi connectivity index (χ2n) is 7.37. The van der Waals surface area contributed by atoms with E-state index in [0.29, 0.717) is 6.04 Å². The van der Waals surface area contributed by atoms with Gasteiger partial charge >= 0.3 is 0 Å². The fraction of sp³-hybridized carbons (Fsp3) is 1.00. The molecule has 2 heteroatoms. The van der Waals surface area contributed by atoms with Gasteiger partial charge in [-0.05, 0) is 63.3 Å². The van der Waals surface area contributed by atoms with Crippen molar-refractivity contribution in [1.82, 2.24) is 4.90 Å². The maximum atomic E-state index is 6.40. The number of rotatable bonds is 4. The van der Waals surface area contributed by atoms with Crippen LogP contribution in [0.15, 0.2) is 0 Å². The van der Waals surface area contributed by atoms with E-state index in [4.69, 9.17) is 5.73 Å². The third-order valence-corrected chi connectivity index (χ3v) is 5.59. The highest BCUT2D eigenvalue weighted by atomic mass is 15.2. The molecule has 0 aromatic heterocycles. The summed E-state index contributed by atoms with van der Waals surface area (Å²) in [6, 6.07) is 1.22. The number of nitrogens with zero attached hydrogens (tertiary/aromatic N) is 1. The molecule has 1 saturated heterocycles. The molecule has 1 saturated carbocycles. The Bertz CT molecular complexity index is 266. The van der Waals surface area contributed by atoms with Crippen LogP contribution >= 0.6 is 0 Å². The maximum Gasteiger partial charge on any atom is 0.00795 e. The molecule has 1 aliphatic heterocycles. The molecule has 2 fully saturated rings. The third kappa shape index (κ3) is 4.19. The molecule has 0 bridgehead atoms. The van der Waals surface area contributed by atoms with Crippen molar-refractivity contribution in [3.63, 3.8) is 0 Å². The highest BCUT2D eigenvalue weighted by Gasteiger charge is 2.31. The normalized spacial score (nSPS) is 41.4. The molecule has 2 N–H and O–H groups in total. The summed E-state index contributed by atoms with van der Waals surface area (Å²) in [5.41, 5.74) is 6.40. The van der Waals surface area contributed by atoms with Crippen LogP contribution in [0.25, 0.3) is 0 Å². The lowest BCUT2D eigenvalue weighted by atomic mass is 9.76. The molecule has 5 atom stereocenters. The van der Waals surface area contributed by atoms with Gasteiger partial charge in [-0.3, -0.25) is 0 Å². The maximum absolute atomic E-state index is 6.40. The zero-order chi connectivity index (χ0) is 13.8. The summed E-state index contributed by atoms with van der Waals surface area (Å²) in [6.45, 7) is 9.68. The minimum atomic E-state index is 0.458. The molecule has 0 spiro atoms. The molecule has 2 aliphatic rings. The Kier molecular flexibility index (Phi) is 5.70. The second-order valence-corrected chi connectivity index (χ2v) is 7.37. The van der Waals surface area contributed by atoms with Gasteiger partial charge in [-0.1, -0.05) is 26.7 Å². The van der Waals surface area contributed by atoms with Crippen molar-refractivity contribution in [3.8, 4) is 0 Å². The van der Waals surface area contributed by atoms with Gasteiger partial charge in [0, 0.05) is 18.6 Å². The first-order valence-corrected chi connectivity index (χ1v) is 8.59. The van der Waals surface area contributed by atoms with E-state index in [-0.39, 0.29) is 0 Å². The van der Waals surface area contributed by atoms with Crippen LogP contribution in [0.3, 0.4) is 0 Å². The molecule has 1 aliphatic carbocycles. The average Bonchev–Trinajstić information content (AvgIpc) is 2.37. The van der Waals surface area contributed by atoms with Crippen molar-refractivity contribution in [2.45, 2.75) is 77.8 Å². The Balaban J connectivity index is 1.85. The molecule has 0 aromatic carbocycles. The van der Waals surface area contributed by atoms with E-state index in [9.17, 15) is 0 Å². The Morgan fingerprint density at radius 1 is 1.11 bits per heavy atom. The Labute approximate surface area is 120 Å². The van der Waals surface area contributed by atoms with E-state index >= 15 is 0 Å². The van der Waals surface area contributed by atoms with Gasteiger partial charge < -0.3 is 10.6 Å². The van der Waals surface area contributed by atoms with E-state index in [0.717, 1.165) is 23.8 Å². The van der Waals surface area contributed by atoms with Gasteiger partial charge in [0.2, 0.25) is 0 Å². The van der Waals surface area contributed by atoms with Crippen molar-refractivity contribution in [1.29, 1.82) is 0 Å². The van der Waals surface area contributed by atoms with Crippen molar-refractivity contribution in [2.24, 2.45) is 23.5 Å². The largest absolute Gasteiger partial charge is 0.327 e. The van der Waals surface area contributed by atoms with Crippen molar-refractivity contribution < 1.29 is 0 Å². The predicted octanol–water partition coefficient (Wildman–Crippen LogP) is 3.65. The summed E-state index contributed by atoms with van der Waals surface area (Å²) in [7, 11) is 0. The zero-order valence-corrected chi connectivity index (χ0v) is 13.3. The van der Waals surface area contributed by atoms with Crippen LogP contribution in [-0.2, 0) is 0 Å². The molecule has 0 amide bonds. The molecule has 112 valence electrons. The summed E-state index contributed by atoms with van der Waals surface area (Å²) in [4.78, 5) is 2.72. The second kappa shape index (κ2) is 7.08. The van der Waals surface area contributed by atoms with Gasteiger partial charge in [-0.25, -0.2) is 0 Å². The topological polar surface area (TPSA) is 29.3 Å². The minimum Gasteiger partial charge on any atom is -0.327 e. The lowest BCUT2D eigenvalue weighted by molar-refractivity contribution is 0.0830. The summed E-state index contributed by atoms with van der Waals surface area (Å²) in [5, 5.41) is 0. The summed E-state index contributed by atoms with van der Waals surface area (Å²) >= 11 is 0. The predicted molar refractivity (Wildman–Crippen MR) is 83.1 cm³/mol. The van der Waals surface area contributed by atoms with E-state index < -0.39 is 0 Å². The Morgan fingerprint density at radius 3 is 2.58 bits per heavy atom. The van der Waals surface area contributed by atoms with Crippen LogP contribution in [0.4, 0.5) is 0 Å². The summed E-state index contributed by atoms with van der Waals surface area (Å²) in [5.74, 6) is 2.62. The molecule has 0 radical (unpaired) electrons. The number of piperidine rings is 1. The first-order valence-electron chi connectivity index (χ1n) is 8.59. The lowest BCUT2D eigenvalue weighted by Gasteiger charge is -2.42. The first kappa shape index (κ1) is 15.3. The van der Waals surface area contributed by atoms with Crippen molar-refractivity contribution >= 4 is 0 Å². The molecular formula is C17H34N2. The molecular weight excluding hydrogens is 232 g/mol. The standard InChI is InChI=1S/C17H34N2/c1-4-5-15-6-7-17(18)16(11-15)12-19-9-8-13(2)10-14(19)3/h13-17H,4-12,18H2,1-3H3. The van der Waals surface area contributed by atoms with E-state index in [1.54, 1.807) is 0 Å². The number of hydrogen-bond donors (Lipinski definition) is 1. The Hall–Kier alpha value is -0.0800. The SMILES string of the molecule is CCCC1CCC(N)C(CN2CCC(C)CC2C)C1. The fourth-order valence-corrected chi connectivity index (χ4v) is 4.29. The van der Waals surface area contributed by atoms with Crippen LogP contribution in [-0.4, -0.2) is 30.1 Å². The molecule has 5 unspecified atom stereocenters. The third-order valence-electron chi connectivity index (χ3n) is 5.59. The van der Waals surface area contributed by atoms with Crippen LogP contribution in [0, 0.1) is 17.8 Å². The van der Waals surface area contributed by atoms with E-state index in [1.807, 2.05) is 0 Å². The van der Waals surface area contributed by atoms with Crippen molar-refractivity contribution in [3.05, 3.63) is 0 Å². The number of likely N-dealkylation sites (tertiary alicyclic amines) is 1. The highest BCUT2D eigenvalue weighted by Crippen LogP contribution is 2.33. The summed E-state index contributed by atoms with van der Waals surface area (Å²) < 4.78 is 0. The van der Waals surface area contributed by atoms with Gasteiger partial charge in [0.05, 0.1) is 0 Å². The first-order chi connectivity index (χ1) is 9.10. The molecule has 19 heavy (non-hydrogen) atoms. The van der Waals surface area contributed by atoms with Crippen LogP contribution in [0.1, 0.15) is 65.7 Å².